The Hall–Kier alpha value is -1.22. The highest BCUT2D eigenvalue weighted by atomic mass is 19.4. The third-order valence-electron chi connectivity index (χ3n) is 4.54. The van der Waals surface area contributed by atoms with Crippen molar-refractivity contribution in [3.05, 3.63) is 5.82 Å². The van der Waals surface area contributed by atoms with Gasteiger partial charge >= 0.3 is 6.18 Å². The number of nitrogens with zero attached hydrogens (tertiary/aromatic N) is 5. The molecule has 0 unspecified atom stereocenters. The number of hydrogen-bond acceptors (Lipinski definition) is 5. The van der Waals surface area contributed by atoms with E-state index in [0.29, 0.717) is 18.4 Å². The molecule has 0 bridgehead atoms. The van der Waals surface area contributed by atoms with Gasteiger partial charge in [-0.15, -0.1) is 5.10 Å². The van der Waals surface area contributed by atoms with Crippen LogP contribution in [0.4, 0.5) is 13.2 Å². The lowest BCUT2D eigenvalue weighted by Gasteiger charge is -2.27. The van der Waals surface area contributed by atoms with Crippen LogP contribution in [0, 0.1) is 11.8 Å². The molecule has 2 saturated heterocycles. The first-order valence-corrected chi connectivity index (χ1v) is 7.63. The molecular weight excluding hydrogens is 299 g/mol. The minimum absolute atomic E-state index is 0.282. The van der Waals surface area contributed by atoms with Crippen LogP contribution >= 0.6 is 0 Å². The van der Waals surface area contributed by atoms with Crippen molar-refractivity contribution in [2.45, 2.75) is 38.5 Å². The van der Waals surface area contributed by atoms with Crippen LogP contribution in [0.5, 0.6) is 0 Å². The van der Waals surface area contributed by atoms with Gasteiger partial charge in [-0.25, -0.2) is 4.68 Å². The number of aromatic nitrogens is 4. The van der Waals surface area contributed by atoms with E-state index in [-0.39, 0.29) is 5.82 Å². The highest BCUT2D eigenvalue weighted by Crippen LogP contribution is 2.31. The van der Waals surface area contributed by atoms with Crippen molar-refractivity contribution in [2.24, 2.45) is 11.8 Å². The minimum atomic E-state index is -4.31. The second-order valence-corrected chi connectivity index (χ2v) is 6.10. The van der Waals surface area contributed by atoms with Crippen LogP contribution in [0.1, 0.15) is 25.1 Å². The smallest absolute Gasteiger partial charge is 0.381 e. The van der Waals surface area contributed by atoms with Crippen LogP contribution in [0.2, 0.25) is 0 Å². The Morgan fingerprint density at radius 1 is 1.14 bits per heavy atom. The second kappa shape index (κ2) is 6.49. The number of likely N-dealkylation sites (tertiary alicyclic amines) is 1. The fourth-order valence-corrected chi connectivity index (χ4v) is 3.41. The number of ether oxygens (including phenoxy) is 1. The molecule has 1 atom stereocenters. The highest BCUT2D eigenvalue weighted by molar-refractivity contribution is 4.88. The van der Waals surface area contributed by atoms with Gasteiger partial charge in [0.2, 0.25) is 0 Å². The van der Waals surface area contributed by atoms with Gasteiger partial charge in [-0.05, 0) is 48.1 Å². The molecule has 3 heterocycles. The molecule has 22 heavy (non-hydrogen) atoms. The van der Waals surface area contributed by atoms with E-state index in [2.05, 4.69) is 20.4 Å². The van der Waals surface area contributed by atoms with E-state index in [9.17, 15) is 13.2 Å². The van der Waals surface area contributed by atoms with Crippen molar-refractivity contribution in [3.63, 3.8) is 0 Å². The minimum Gasteiger partial charge on any atom is -0.381 e. The normalized spacial score (nSPS) is 25.0. The molecule has 1 aromatic rings. The molecule has 9 heteroatoms. The number of rotatable bonds is 4. The summed E-state index contributed by atoms with van der Waals surface area (Å²) < 4.78 is 43.7. The van der Waals surface area contributed by atoms with Gasteiger partial charge in [-0.2, -0.15) is 13.2 Å². The van der Waals surface area contributed by atoms with Gasteiger partial charge in [0, 0.05) is 19.8 Å². The lowest BCUT2D eigenvalue weighted by molar-refractivity contribution is -0.143. The molecule has 2 aliphatic heterocycles. The lowest BCUT2D eigenvalue weighted by Crippen LogP contribution is -2.28. The molecular formula is C13H20F3N5O. The molecule has 0 aromatic carbocycles. The lowest BCUT2D eigenvalue weighted by atomic mass is 9.85. The van der Waals surface area contributed by atoms with Crippen molar-refractivity contribution in [3.8, 4) is 0 Å². The van der Waals surface area contributed by atoms with E-state index in [1.165, 1.54) is 0 Å². The Morgan fingerprint density at radius 2 is 1.91 bits per heavy atom. The maximum absolute atomic E-state index is 12.5. The first kappa shape index (κ1) is 15.7. The molecule has 2 fully saturated rings. The number of hydrogen-bond donors (Lipinski definition) is 0. The molecule has 0 amide bonds. The van der Waals surface area contributed by atoms with Gasteiger partial charge < -0.3 is 4.74 Å². The molecule has 1 aromatic heterocycles. The summed E-state index contributed by atoms with van der Waals surface area (Å²) in [6, 6.07) is 0. The number of halogens is 3. The summed E-state index contributed by atoms with van der Waals surface area (Å²) in [7, 11) is 0. The maximum atomic E-state index is 12.5. The van der Waals surface area contributed by atoms with Gasteiger partial charge in [0.15, 0.2) is 5.82 Å². The third-order valence-corrected chi connectivity index (χ3v) is 4.54. The topological polar surface area (TPSA) is 56.1 Å². The Labute approximate surface area is 126 Å². The van der Waals surface area contributed by atoms with Crippen molar-refractivity contribution >= 4 is 0 Å². The fourth-order valence-electron chi connectivity index (χ4n) is 3.41. The van der Waals surface area contributed by atoms with Gasteiger partial charge in [0.1, 0.15) is 6.54 Å². The van der Waals surface area contributed by atoms with Crippen molar-refractivity contribution < 1.29 is 17.9 Å². The van der Waals surface area contributed by atoms with Crippen molar-refractivity contribution in [1.82, 2.24) is 25.1 Å². The molecule has 0 radical (unpaired) electrons. The largest absolute Gasteiger partial charge is 0.408 e. The van der Waals surface area contributed by atoms with Gasteiger partial charge in [0.25, 0.3) is 0 Å². The molecule has 124 valence electrons. The zero-order valence-corrected chi connectivity index (χ0v) is 12.3. The third kappa shape index (κ3) is 3.95. The summed E-state index contributed by atoms with van der Waals surface area (Å²) in [5.41, 5.74) is 0. The van der Waals surface area contributed by atoms with E-state index >= 15 is 0 Å². The van der Waals surface area contributed by atoms with E-state index in [0.717, 1.165) is 50.2 Å². The number of tetrazole rings is 1. The molecule has 0 N–H and O–H groups in total. The maximum Gasteiger partial charge on any atom is 0.408 e. The summed E-state index contributed by atoms with van der Waals surface area (Å²) in [5.74, 6) is 1.56. The molecule has 3 rings (SSSR count). The Morgan fingerprint density at radius 3 is 2.64 bits per heavy atom. The predicted octanol–water partition coefficient (Wildman–Crippen LogP) is 1.48. The summed E-state index contributed by atoms with van der Waals surface area (Å²) in [5, 5.41) is 10.6. The zero-order chi connectivity index (χ0) is 15.6. The van der Waals surface area contributed by atoms with E-state index in [1.54, 1.807) is 0 Å². The van der Waals surface area contributed by atoms with Crippen LogP contribution in [0.3, 0.4) is 0 Å². The Bertz CT molecular complexity index is 486. The summed E-state index contributed by atoms with van der Waals surface area (Å²) in [6.07, 6.45) is -1.04. The van der Waals surface area contributed by atoms with Crippen LogP contribution in [-0.4, -0.2) is 57.6 Å². The highest BCUT2D eigenvalue weighted by Gasteiger charge is 2.33. The zero-order valence-electron chi connectivity index (χ0n) is 12.3. The summed E-state index contributed by atoms with van der Waals surface area (Å²) >= 11 is 0. The molecule has 2 aliphatic rings. The standard InChI is InChI=1S/C13H20F3N5O/c14-13(15,16)9-21-12(17-18-19-21)8-20-4-1-11(7-20)10-2-5-22-6-3-10/h10-11H,1-9H2/t11-/m1/s1. The summed E-state index contributed by atoms with van der Waals surface area (Å²) in [6.45, 7) is 2.69. The average Bonchev–Trinajstić information content (AvgIpc) is 3.09. The van der Waals surface area contributed by atoms with Gasteiger partial charge in [-0.3, -0.25) is 4.90 Å². The van der Waals surface area contributed by atoms with Gasteiger partial charge in [-0.1, -0.05) is 0 Å². The van der Waals surface area contributed by atoms with Crippen LogP contribution < -0.4 is 0 Å². The van der Waals surface area contributed by atoms with Crippen LogP contribution in [0.25, 0.3) is 0 Å². The van der Waals surface area contributed by atoms with Crippen LogP contribution in [-0.2, 0) is 17.8 Å². The molecule has 0 saturated carbocycles. The first-order valence-electron chi connectivity index (χ1n) is 7.63. The Balaban J connectivity index is 1.55. The Kier molecular flexibility index (Phi) is 4.62. The van der Waals surface area contributed by atoms with Crippen molar-refractivity contribution in [1.29, 1.82) is 0 Å². The molecule has 0 aliphatic carbocycles. The van der Waals surface area contributed by atoms with Crippen molar-refractivity contribution in [2.75, 3.05) is 26.3 Å². The molecule has 0 spiro atoms. The summed E-state index contributed by atoms with van der Waals surface area (Å²) in [4.78, 5) is 2.15. The monoisotopic (exact) mass is 319 g/mol. The first-order chi connectivity index (χ1) is 10.5. The van der Waals surface area contributed by atoms with E-state index in [4.69, 9.17) is 4.74 Å². The fraction of sp³-hybridized carbons (Fsp3) is 0.923. The van der Waals surface area contributed by atoms with Gasteiger partial charge in [0.05, 0.1) is 6.54 Å². The van der Waals surface area contributed by atoms with Crippen LogP contribution in [0.15, 0.2) is 0 Å². The SMILES string of the molecule is FC(F)(F)Cn1nnnc1CN1CC[C@@H](C2CCOCC2)C1. The predicted molar refractivity (Wildman–Crippen MR) is 70.8 cm³/mol. The second-order valence-electron chi connectivity index (χ2n) is 6.10. The average molecular weight is 319 g/mol. The van der Waals surface area contributed by atoms with E-state index in [1.807, 2.05) is 0 Å². The van der Waals surface area contributed by atoms with E-state index < -0.39 is 12.7 Å². The number of alkyl halides is 3. The molecule has 6 nitrogen and oxygen atoms in total. The quantitative estimate of drug-likeness (QED) is 0.841.